The fourth-order valence-electron chi connectivity index (χ4n) is 1.50. The third-order valence-electron chi connectivity index (χ3n) is 2.32. The summed E-state index contributed by atoms with van der Waals surface area (Å²) in [6, 6.07) is 4.84. The van der Waals surface area contributed by atoms with Gasteiger partial charge < -0.3 is 15.0 Å². The van der Waals surface area contributed by atoms with Gasteiger partial charge in [-0.05, 0) is 12.1 Å². The molecule has 96 valence electrons. The van der Waals surface area contributed by atoms with Crippen LogP contribution < -0.4 is 10.5 Å². The Morgan fingerprint density at radius 3 is 2.50 bits per heavy atom. The monoisotopic (exact) mass is 258 g/mol. The quantitative estimate of drug-likeness (QED) is 0.899. The molecule has 1 heterocycles. The zero-order valence-corrected chi connectivity index (χ0v) is 9.28. The molecule has 1 aromatic heterocycles. The maximum absolute atomic E-state index is 12.6. The van der Waals surface area contributed by atoms with E-state index in [2.05, 4.69) is 5.16 Å². The Morgan fingerprint density at radius 2 is 2.00 bits per heavy atom. The van der Waals surface area contributed by atoms with E-state index in [1.807, 2.05) is 0 Å². The summed E-state index contributed by atoms with van der Waals surface area (Å²) in [5, 5.41) is 3.46. The van der Waals surface area contributed by atoms with E-state index in [9.17, 15) is 13.2 Å². The molecule has 0 unspecified atom stereocenters. The van der Waals surface area contributed by atoms with Gasteiger partial charge in [-0.2, -0.15) is 13.2 Å². The molecule has 0 fully saturated rings. The van der Waals surface area contributed by atoms with Gasteiger partial charge in [0.1, 0.15) is 5.75 Å². The predicted octanol–water partition coefficient (Wildman–Crippen LogP) is 2.95. The van der Waals surface area contributed by atoms with Crippen LogP contribution in [0, 0.1) is 0 Å². The number of methoxy groups -OCH3 is 1. The first kappa shape index (κ1) is 12.3. The molecule has 2 N–H and O–H groups in total. The molecule has 0 radical (unpaired) electrons. The van der Waals surface area contributed by atoms with Gasteiger partial charge in [0.25, 0.3) is 0 Å². The molecule has 0 bridgehead atoms. The number of ether oxygens (including phenoxy) is 1. The lowest BCUT2D eigenvalue weighted by Crippen LogP contribution is -2.07. The van der Waals surface area contributed by atoms with E-state index in [0.717, 1.165) is 6.07 Å². The predicted molar refractivity (Wildman–Crippen MR) is 57.9 cm³/mol. The smallest absolute Gasteiger partial charge is 0.419 e. The lowest BCUT2D eigenvalue weighted by Gasteiger charge is -2.12. The van der Waals surface area contributed by atoms with Crippen LogP contribution in [0.25, 0.3) is 11.3 Å². The number of nitrogens with two attached hydrogens (primary N) is 1. The number of benzene rings is 1. The van der Waals surface area contributed by atoms with Gasteiger partial charge in [-0.3, -0.25) is 0 Å². The van der Waals surface area contributed by atoms with Crippen LogP contribution in [0.15, 0.2) is 28.8 Å². The lowest BCUT2D eigenvalue weighted by molar-refractivity contribution is -0.138. The van der Waals surface area contributed by atoms with E-state index < -0.39 is 11.7 Å². The summed E-state index contributed by atoms with van der Waals surface area (Å²) in [7, 11) is 1.17. The summed E-state index contributed by atoms with van der Waals surface area (Å²) in [5.41, 5.74) is 4.93. The van der Waals surface area contributed by atoms with Gasteiger partial charge in [0.2, 0.25) is 0 Å². The first-order chi connectivity index (χ1) is 8.41. The van der Waals surface area contributed by atoms with Gasteiger partial charge in [0, 0.05) is 11.6 Å². The van der Waals surface area contributed by atoms with Crippen LogP contribution >= 0.6 is 0 Å². The van der Waals surface area contributed by atoms with Crippen molar-refractivity contribution in [1.82, 2.24) is 5.16 Å². The van der Waals surface area contributed by atoms with Gasteiger partial charge in [-0.25, -0.2) is 0 Å². The van der Waals surface area contributed by atoms with Crippen molar-refractivity contribution < 1.29 is 22.4 Å². The molecule has 0 aliphatic rings. The molecule has 0 spiro atoms. The first-order valence-corrected chi connectivity index (χ1v) is 4.89. The topological polar surface area (TPSA) is 61.3 Å². The fraction of sp³-hybridized carbons (Fsp3) is 0.182. The van der Waals surface area contributed by atoms with E-state index in [1.165, 1.54) is 25.3 Å². The molecule has 0 saturated carbocycles. The van der Waals surface area contributed by atoms with Crippen LogP contribution in [0.5, 0.6) is 5.75 Å². The van der Waals surface area contributed by atoms with Crippen molar-refractivity contribution in [2.24, 2.45) is 0 Å². The Bertz CT molecular complexity index is 564. The van der Waals surface area contributed by atoms with Crippen molar-refractivity contribution in [3.8, 4) is 17.1 Å². The number of rotatable bonds is 2. The molecule has 0 atom stereocenters. The third-order valence-corrected chi connectivity index (χ3v) is 2.32. The van der Waals surface area contributed by atoms with E-state index in [-0.39, 0.29) is 17.3 Å². The maximum atomic E-state index is 12.6. The number of nitrogens with zero attached hydrogens (tertiary/aromatic N) is 1. The minimum atomic E-state index is -4.47. The van der Waals surface area contributed by atoms with Crippen LogP contribution in [-0.4, -0.2) is 12.3 Å². The Kier molecular flexibility index (Phi) is 2.90. The summed E-state index contributed by atoms with van der Waals surface area (Å²) >= 11 is 0. The normalized spacial score (nSPS) is 11.6. The summed E-state index contributed by atoms with van der Waals surface area (Å²) in [6.07, 6.45) is -4.47. The van der Waals surface area contributed by atoms with Crippen LogP contribution in [0.3, 0.4) is 0 Å². The average Bonchev–Trinajstić information content (AvgIpc) is 2.74. The van der Waals surface area contributed by atoms with E-state index in [4.69, 9.17) is 15.0 Å². The second-order valence-corrected chi connectivity index (χ2v) is 3.53. The zero-order chi connectivity index (χ0) is 13.3. The maximum Gasteiger partial charge on any atom is 0.419 e. The fourth-order valence-corrected chi connectivity index (χ4v) is 1.50. The molecule has 4 nitrogen and oxygen atoms in total. The second kappa shape index (κ2) is 4.25. The molecular weight excluding hydrogens is 249 g/mol. The van der Waals surface area contributed by atoms with Crippen molar-refractivity contribution in [3.05, 3.63) is 29.8 Å². The number of anilines is 1. The molecule has 2 rings (SSSR count). The number of hydrogen-bond donors (Lipinski definition) is 1. The summed E-state index contributed by atoms with van der Waals surface area (Å²) in [4.78, 5) is 0. The highest BCUT2D eigenvalue weighted by Gasteiger charge is 2.34. The molecule has 0 amide bonds. The van der Waals surface area contributed by atoms with Crippen LogP contribution in [0.4, 0.5) is 19.0 Å². The first-order valence-electron chi connectivity index (χ1n) is 4.89. The van der Waals surface area contributed by atoms with E-state index >= 15 is 0 Å². The van der Waals surface area contributed by atoms with E-state index in [0.29, 0.717) is 5.56 Å². The van der Waals surface area contributed by atoms with Gasteiger partial charge in [0.15, 0.2) is 11.6 Å². The number of hydrogen-bond acceptors (Lipinski definition) is 4. The Labute approximate surface area is 100 Å². The Morgan fingerprint density at radius 1 is 1.28 bits per heavy atom. The molecular formula is C11H9F3N2O2. The number of alkyl halides is 3. The summed E-state index contributed by atoms with van der Waals surface area (Å²) in [6.45, 7) is 0. The van der Waals surface area contributed by atoms with Crippen LogP contribution in [0.1, 0.15) is 5.56 Å². The zero-order valence-electron chi connectivity index (χ0n) is 9.28. The largest absolute Gasteiger partial charge is 0.496 e. The SMILES string of the molecule is COc1cc(-c2cc(N)no2)ccc1C(F)(F)F. The molecule has 1 aromatic carbocycles. The van der Waals surface area contributed by atoms with Crippen molar-refractivity contribution in [3.63, 3.8) is 0 Å². The Balaban J connectivity index is 2.48. The Hall–Kier alpha value is -2.18. The van der Waals surface area contributed by atoms with Gasteiger partial charge >= 0.3 is 6.18 Å². The second-order valence-electron chi connectivity index (χ2n) is 3.53. The highest BCUT2D eigenvalue weighted by Crippen LogP contribution is 2.38. The lowest BCUT2D eigenvalue weighted by atomic mass is 10.1. The average molecular weight is 258 g/mol. The van der Waals surface area contributed by atoms with Gasteiger partial charge in [-0.15, -0.1) is 0 Å². The minimum absolute atomic E-state index is 0.156. The van der Waals surface area contributed by atoms with Crippen molar-refractivity contribution >= 4 is 5.82 Å². The minimum Gasteiger partial charge on any atom is -0.496 e. The molecule has 0 aliphatic carbocycles. The summed E-state index contributed by atoms with van der Waals surface area (Å²) in [5.74, 6) is 0.151. The molecule has 2 aromatic rings. The van der Waals surface area contributed by atoms with Crippen molar-refractivity contribution in [1.29, 1.82) is 0 Å². The van der Waals surface area contributed by atoms with Gasteiger partial charge in [-0.1, -0.05) is 11.2 Å². The molecule has 0 saturated heterocycles. The third kappa shape index (κ3) is 2.24. The number of nitrogen functional groups attached to an aromatic ring is 1. The highest BCUT2D eigenvalue weighted by molar-refractivity contribution is 5.63. The highest BCUT2D eigenvalue weighted by atomic mass is 19.4. The standard InChI is InChI=1S/C11H9F3N2O2/c1-17-9-4-6(8-5-10(15)16-18-8)2-3-7(9)11(12,13)14/h2-5H,1H3,(H2,15,16). The van der Waals surface area contributed by atoms with Crippen molar-refractivity contribution in [2.45, 2.75) is 6.18 Å². The summed E-state index contributed by atoms with van der Waals surface area (Å²) < 4.78 is 47.5. The van der Waals surface area contributed by atoms with Crippen LogP contribution in [-0.2, 0) is 6.18 Å². The van der Waals surface area contributed by atoms with E-state index in [1.54, 1.807) is 0 Å². The van der Waals surface area contributed by atoms with Crippen molar-refractivity contribution in [2.75, 3.05) is 12.8 Å². The van der Waals surface area contributed by atoms with Gasteiger partial charge in [0.05, 0.1) is 12.7 Å². The molecule has 18 heavy (non-hydrogen) atoms. The molecule has 7 heteroatoms. The molecule has 0 aliphatic heterocycles. The number of aromatic nitrogens is 1. The van der Waals surface area contributed by atoms with Crippen LogP contribution in [0.2, 0.25) is 0 Å². The number of halogens is 3.